The molecule has 21 heavy (non-hydrogen) atoms. The zero-order valence-corrected chi connectivity index (χ0v) is 13.4. The lowest BCUT2D eigenvalue weighted by Crippen LogP contribution is -2.23. The Morgan fingerprint density at radius 3 is 3.05 bits per heavy atom. The second-order valence-corrected chi connectivity index (χ2v) is 6.77. The molecule has 1 N–H and O–H groups in total. The third-order valence-electron chi connectivity index (χ3n) is 4.12. The molecule has 4 heteroatoms. The Morgan fingerprint density at radius 1 is 1.43 bits per heavy atom. The van der Waals surface area contributed by atoms with Crippen molar-refractivity contribution in [2.45, 2.75) is 39.0 Å². The monoisotopic (exact) mass is 304 g/mol. The summed E-state index contributed by atoms with van der Waals surface area (Å²) in [6.07, 6.45) is 3.59. The number of benzene rings is 1. The zero-order chi connectivity index (χ0) is 14.8. The van der Waals surface area contributed by atoms with Gasteiger partial charge in [-0.3, -0.25) is 0 Å². The lowest BCUT2D eigenvalue weighted by molar-refractivity contribution is 0.509. The van der Waals surface area contributed by atoms with E-state index < -0.39 is 0 Å². The largest absolute Gasteiger partial charge is 0.316 e. The molecule has 2 nitrogen and oxygen atoms in total. The summed E-state index contributed by atoms with van der Waals surface area (Å²) in [7, 11) is 0. The summed E-state index contributed by atoms with van der Waals surface area (Å²) in [5.74, 6) is 0.380. The molecule has 2 aromatic rings. The molecule has 0 bridgehead atoms. The highest BCUT2D eigenvalue weighted by molar-refractivity contribution is 7.15. The van der Waals surface area contributed by atoms with Gasteiger partial charge < -0.3 is 5.32 Å². The van der Waals surface area contributed by atoms with Gasteiger partial charge in [-0.15, -0.1) is 11.3 Å². The number of thiazole rings is 1. The Balaban J connectivity index is 1.91. The number of rotatable bonds is 4. The van der Waals surface area contributed by atoms with Crippen LogP contribution in [0.25, 0.3) is 10.6 Å². The van der Waals surface area contributed by atoms with E-state index in [1.54, 1.807) is 24.3 Å². The summed E-state index contributed by atoms with van der Waals surface area (Å²) in [5.41, 5.74) is 2.99. The van der Waals surface area contributed by atoms with Crippen LogP contribution in [0.2, 0.25) is 0 Å². The summed E-state index contributed by atoms with van der Waals surface area (Å²) >= 11 is 1.78. The number of aryl methyl sites for hydroxylation is 2. The van der Waals surface area contributed by atoms with E-state index in [2.05, 4.69) is 12.2 Å². The van der Waals surface area contributed by atoms with Crippen molar-refractivity contribution < 1.29 is 4.39 Å². The SMILES string of the molecule is CCNCC1CCCc2sc(-c3ccc(F)c(C)c3)nc21. The quantitative estimate of drug-likeness (QED) is 0.911. The molecule has 1 aromatic heterocycles. The summed E-state index contributed by atoms with van der Waals surface area (Å²) in [6.45, 7) is 5.95. The third-order valence-corrected chi connectivity index (χ3v) is 5.30. The Bertz CT molecular complexity index is 636. The number of fused-ring (bicyclic) bond motifs is 1. The predicted octanol–water partition coefficient (Wildman–Crippen LogP) is 4.29. The maximum absolute atomic E-state index is 13.4. The van der Waals surface area contributed by atoms with Crippen LogP contribution < -0.4 is 5.32 Å². The van der Waals surface area contributed by atoms with Crippen molar-refractivity contribution in [2.24, 2.45) is 0 Å². The van der Waals surface area contributed by atoms with E-state index in [4.69, 9.17) is 4.98 Å². The minimum absolute atomic E-state index is 0.148. The number of hydrogen-bond donors (Lipinski definition) is 1. The highest BCUT2D eigenvalue weighted by Gasteiger charge is 2.24. The topological polar surface area (TPSA) is 24.9 Å². The van der Waals surface area contributed by atoms with Crippen LogP contribution in [0.3, 0.4) is 0 Å². The van der Waals surface area contributed by atoms with Crippen LogP contribution in [0.5, 0.6) is 0 Å². The van der Waals surface area contributed by atoms with E-state index in [0.717, 1.165) is 30.1 Å². The van der Waals surface area contributed by atoms with E-state index in [-0.39, 0.29) is 5.82 Å². The van der Waals surface area contributed by atoms with Crippen LogP contribution in [0.15, 0.2) is 18.2 Å². The Labute approximate surface area is 129 Å². The molecule has 0 fully saturated rings. The zero-order valence-electron chi connectivity index (χ0n) is 12.6. The molecule has 0 amide bonds. The van der Waals surface area contributed by atoms with Gasteiger partial charge in [0.2, 0.25) is 0 Å². The van der Waals surface area contributed by atoms with E-state index in [1.807, 2.05) is 12.1 Å². The molecule has 1 unspecified atom stereocenters. The van der Waals surface area contributed by atoms with Gasteiger partial charge in [-0.1, -0.05) is 6.92 Å². The van der Waals surface area contributed by atoms with Gasteiger partial charge in [0, 0.05) is 22.9 Å². The van der Waals surface area contributed by atoms with Gasteiger partial charge in [0.05, 0.1) is 5.69 Å². The Kier molecular flexibility index (Phi) is 4.36. The van der Waals surface area contributed by atoms with Crippen molar-refractivity contribution in [2.75, 3.05) is 13.1 Å². The highest BCUT2D eigenvalue weighted by atomic mass is 32.1. The molecule has 1 aliphatic carbocycles. The van der Waals surface area contributed by atoms with Crippen LogP contribution in [0.1, 0.15) is 41.8 Å². The number of aromatic nitrogens is 1. The molecule has 1 heterocycles. The van der Waals surface area contributed by atoms with Crippen LogP contribution >= 0.6 is 11.3 Å². The van der Waals surface area contributed by atoms with Gasteiger partial charge in [-0.25, -0.2) is 9.37 Å². The summed E-state index contributed by atoms with van der Waals surface area (Å²) in [4.78, 5) is 6.30. The van der Waals surface area contributed by atoms with Crippen LogP contribution in [0, 0.1) is 12.7 Å². The van der Waals surface area contributed by atoms with Crippen LogP contribution in [0.4, 0.5) is 4.39 Å². The molecule has 112 valence electrons. The average Bonchev–Trinajstić information content (AvgIpc) is 2.92. The summed E-state index contributed by atoms with van der Waals surface area (Å²) in [6, 6.07) is 5.28. The third kappa shape index (κ3) is 3.01. The lowest BCUT2D eigenvalue weighted by Gasteiger charge is -2.21. The maximum Gasteiger partial charge on any atom is 0.126 e. The fraction of sp³-hybridized carbons (Fsp3) is 0.471. The number of halogens is 1. The number of likely N-dealkylation sites (N-methyl/N-ethyl adjacent to an activating group) is 1. The molecule has 1 aliphatic rings. The van der Waals surface area contributed by atoms with Crippen molar-refractivity contribution in [1.82, 2.24) is 10.3 Å². The molecule has 1 aromatic carbocycles. The number of nitrogens with one attached hydrogen (secondary N) is 1. The standard InChI is InChI=1S/C17H21FN2S/c1-3-19-10-13-5-4-6-15-16(13)20-17(21-15)12-7-8-14(18)11(2)9-12/h7-9,13,19H,3-6,10H2,1-2H3. The molecule has 0 saturated carbocycles. The predicted molar refractivity (Wildman–Crippen MR) is 86.5 cm³/mol. The first-order chi connectivity index (χ1) is 10.2. The Morgan fingerprint density at radius 2 is 2.29 bits per heavy atom. The fourth-order valence-corrected chi connectivity index (χ4v) is 4.11. The van der Waals surface area contributed by atoms with Crippen molar-refractivity contribution >= 4 is 11.3 Å². The van der Waals surface area contributed by atoms with Crippen molar-refractivity contribution in [3.05, 3.63) is 40.2 Å². The van der Waals surface area contributed by atoms with E-state index in [1.165, 1.54) is 23.4 Å². The van der Waals surface area contributed by atoms with Crippen LogP contribution in [-0.4, -0.2) is 18.1 Å². The van der Waals surface area contributed by atoms with Crippen LogP contribution in [-0.2, 0) is 6.42 Å². The molecular formula is C17H21FN2S. The van der Waals surface area contributed by atoms with E-state index in [9.17, 15) is 4.39 Å². The van der Waals surface area contributed by atoms with Gasteiger partial charge in [-0.05, 0) is 56.5 Å². The van der Waals surface area contributed by atoms with Crippen molar-refractivity contribution in [1.29, 1.82) is 0 Å². The van der Waals surface area contributed by atoms with Gasteiger partial charge in [0.15, 0.2) is 0 Å². The molecule has 0 radical (unpaired) electrons. The smallest absolute Gasteiger partial charge is 0.126 e. The average molecular weight is 304 g/mol. The second kappa shape index (κ2) is 6.24. The lowest BCUT2D eigenvalue weighted by atomic mass is 9.91. The maximum atomic E-state index is 13.4. The minimum atomic E-state index is -0.148. The van der Waals surface area contributed by atoms with E-state index >= 15 is 0 Å². The highest BCUT2D eigenvalue weighted by Crippen LogP contribution is 2.38. The first-order valence-electron chi connectivity index (χ1n) is 7.66. The number of nitrogens with zero attached hydrogens (tertiary/aromatic N) is 1. The molecular weight excluding hydrogens is 283 g/mol. The van der Waals surface area contributed by atoms with Crippen molar-refractivity contribution in [3.63, 3.8) is 0 Å². The normalized spacial score (nSPS) is 17.8. The minimum Gasteiger partial charge on any atom is -0.316 e. The second-order valence-electron chi connectivity index (χ2n) is 5.69. The van der Waals surface area contributed by atoms with Gasteiger partial charge in [0.25, 0.3) is 0 Å². The molecule has 3 rings (SSSR count). The fourth-order valence-electron chi connectivity index (χ4n) is 2.93. The molecule has 0 aliphatic heterocycles. The summed E-state index contributed by atoms with van der Waals surface area (Å²) < 4.78 is 13.4. The van der Waals surface area contributed by atoms with Crippen molar-refractivity contribution in [3.8, 4) is 10.6 Å². The Hall–Kier alpha value is -1.26. The first-order valence-corrected chi connectivity index (χ1v) is 8.47. The molecule has 0 saturated heterocycles. The van der Waals surface area contributed by atoms with Gasteiger partial charge in [-0.2, -0.15) is 0 Å². The summed E-state index contributed by atoms with van der Waals surface area (Å²) in [5, 5.41) is 4.47. The first kappa shape index (κ1) is 14.7. The number of hydrogen-bond acceptors (Lipinski definition) is 3. The molecule has 0 spiro atoms. The van der Waals surface area contributed by atoms with Gasteiger partial charge in [0.1, 0.15) is 10.8 Å². The van der Waals surface area contributed by atoms with E-state index in [0.29, 0.717) is 11.5 Å². The van der Waals surface area contributed by atoms with Gasteiger partial charge >= 0.3 is 0 Å². The molecule has 1 atom stereocenters.